The number of hydrogen-bond acceptors (Lipinski definition) is 8. The van der Waals surface area contributed by atoms with Gasteiger partial charge in [0.2, 0.25) is 5.91 Å². The van der Waals surface area contributed by atoms with Gasteiger partial charge in [0, 0.05) is 31.1 Å². The fourth-order valence-corrected chi connectivity index (χ4v) is 6.29. The second-order valence-electron chi connectivity index (χ2n) is 8.04. The molecule has 0 bridgehead atoms. The minimum Gasteiger partial charge on any atom is -0.367 e. The van der Waals surface area contributed by atoms with E-state index in [0.29, 0.717) is 25.2 Å². The van der Waals surface area contributed by atoms with Crippen molar-refractivity contribution < 1.29 is 4.79 Å². The van der Waals surface area contributed by atoms with Gasteiger partial charge in [-0.2, -0.15) is 0 Å². The van der Waals surface area contributed by atoms with Crippen molar-refractivity contribution in [3.63, 3.8) is 0 Å². The fourth-order valence-electron chi connectivity index (χ4n) is 4.17. The minimum absolute atomic E-state index is 0.200. The predicted molar refractivity (Wildman–Crippen MR) is 141 cm³/mol. The largest absolute Gasteiger partial charge is 0.367 e. The Labute approximate surface area is 209 Å². The lowest BCUT2D eigenvalue weighted by Gasteiger charge is -2.36. The summed E-state index contributed by atoms with van der Waals surface area (Å²) in [6.07, 6.45) is 2.37. The van der Waals surface area contributed by atoms with Gasteiger partial charge in [-0.05, 0) is 40.4 Å². The summed E-state index contributed by atoms with van der Waals surface area (Å²) >= 11 is 4.96. The number of aromatic nitrogens is 3. The highest BCUT2D eigenvalue weighted by Gasteiger charge is 2.23. The zero-order chi connectivity index (χ0) is 22.9. The molecule has 1 aliphatic heterocycles. The highest BCUT2D eigenvalue weighted by atomic mass is 32.1. The maximum Gasteiger partial charge on any atom is 0.227 e. The number of amides is 1. The van der Waals surface area contributed by atoms with Crippen LogP contribution in [-0.2, 0) is 11.2 Å². The summed E-state index contributed by atoms with van der Waals surface area (Å²) in [5.41, 5.74) is 4.23. The molecule has 34 heavy (non-hydrogen) atoms. The topological polar surface area (TPSA) is 62.2 Å². The molecule has 0 saturated carbocycles. The van der Waals surface area contributed by atoms with Crippen molar-refractivity contribution in [2.45, 2.75) is 6.42 Å². The second kappa shape index (κ2) is 9.25. The number of thiophene rings is 3. The molecule has 0 unspecified atom stereocenters. The second-order valence-corrected chi connectivity index (χ2v) is 11.0. The lowest BCUT2D eigenvalue weighted by molar-refractivity contribution is -0.130. The van der Waals surface area contributed by atoms with Gasteiger partial charge in [-0.3, -0.25) is 4.79 Å². The Hall–Kier alpha value is -3.14. The molecule has 1 saturated heterocycles. The van der Waals surface area contributed by atoms with E-state index in [-0.39, 0.29) is 5.91 Å². The first-order valence-corrected chi connectivity index (χ1v) is 13.7. The molecule has 1 amide bonds. The first-order valence-electron chi connectivity index (χ1n) is 11.1. The van der Waals surface area contributed by atoms with Crippen LogP contribution in [0.3, 0.4) is 0 Å². The molecule has 5 aromatic rings. The summed E-state index contributed by atoms with van der Waals surface area (Å²) in [5.74, 6) is 0.200. The number of pyridine rings is 1. The van der Waals surface area contributed by atoms with Crippen LogP contribution in [0.1, 0.15) is 4.88 Å². The minimum atomic E-state index is 0.200. The molecular formula is C25H21N5OS3. The van der Waals surface area contributed by atoms with Gasteiger partial charge < -0.3 is 9.80 Å². The van der Waals surface area contributed by atoms with E-state index >= 15 is 0 Å². The van der Waals surface area contributed by atoms with Crippen LogP contribution in [0.2, 0.25) is 0 Å². The van der Waals surface area contributed by atoms with E-state index in [0.717, 1.165) is 50.3 Å². The Kier molecular flexibility index (Phi) is 5.82. The number of carbonyl (C=O) groups is 1. The van der Waals surface area contributed by atoms with Crippen LogP contribution in [0, 0.1) is 0 Å². The first-order chi connectivity index (χ1) is 16.7. The summed E-state index contributed by atoms with van der Waals surface area (Å²) in [5, 5.41) is 6.14. The molecule has 0 radical (unpaired) electrons. The summed E-state index contributed by atoms with van der Waals surface area (Å²) in [6.45, 7) is 2.99. The smallest absolute Gasteiger partial charge is 0.227 e. The van der Waals surface area contributed by atoms with Crippen molar-refractivity contribution in [3.8, 4) is 21.1 Å². The Balaban J connectivity index is 1.25. The third-order valence-corrected chi connectivity index (χ3v) is 8.55. The summed E-state index contributed by atoms with van der Waals surface area (Å²) < 4.78 is 0. The number of fused-ring (bicyclic) bond motifs is 1. The maximum atomic E-state index is 12.6. The van der Waals surface area contributed by atoms with Crippen molar-refractivity contribution in [2.24, 2.45) is 0 Å². The van der Waals surface area contributed by atoms with Crippen LogP contribution in [0.25, 0.3) is 32.3 Å². The number of nitrogens with zero attached hydrogens (tertiary/aromatic N) is 5. The Morgan fingerprint density at radius 2 is 1.53 bits per heavy atom. The van der Waals surface area contributed by atoms with Crippen LogP contribution in [-0.4, -0.2) is 51.9 Å². The average Bonchev–Trinajstić information content (AvgIpc) is 3.67. The van der Waals surface area contributed by atoms with Crippen LogP contribution < -0.4 is 4.90 Å². The molecule has 6 rings (SSSR count). The van der Waals surface area contributed by atoms with E-state index < -0.39 is 0 Å². The zero-order valence-corrected chi connectivity index (χ0v) is 20.7. The van der Waals surface area contributed by atoms with Gasteiger partial charge in [0.25, 0.3) is 0 Å². The van der Waals surface area contributed by atoms with Gasteiger partial charge in [-0.25, -0.2) is 15.0 Å². The van der Waals surface area contributed by atoms with E-state index in [1.54, 1.807) is 34.0 Å². The van der Waals surface area contributed by atoms with Crippen molar-refractivity contribution in [1.82, 2.24) is 19.9 Å². The summed E-state index contributed by atoms with van der Waals surface area (Å²) in [7, 11) is 0. The van der Waals surface area contributed by atoms with E-state index in [2.05, 4.69) is 38.8 Å². The van der Waals surface area contributed by atoms with Gasteiger partial charge in [-0.1, -0.05) is 18.2 Å². The van der Waals surface area contributed by atoms with Crippen molar-refractivity contribution in [1.29, 1.82) is 0 Å². The third-order valence-electron chi connectivity index (χ3n) is 5.92. The molecule has 1 fully saturated rings. The van der Waals surface area contributed by atoms with Gasteiger partial charge in [0.1, 0.15) is 16.9 Å². The lowest BCUT2D eigenvalue weighted by Crippen LogP contribution is -2.49. The Morgan fingerprint density at radius 1 is 0.853 bits per heavy atom. The standard InChI is InChI=1S/C25H21N5OS3/c31-22(15-18-4-1-11-32-18)30-9-7-29(8-10-30)17-14-19-25(26-16-17)28-24(21-6-3-13-34-21)23(27-19)20-5-2-12-33-20/h1-6,11-14,16H,7-10,15H2. The van der Waals surface area contributed by atoms with Gasteiger partial charge >= 0.3 is 0 Å². The van der Waals surface area contributed by atoms with Gasteiger partial charge in [-0.15, -0.1) is 34.0 Å². The van der Waals surface area contributed by atoms with E-state index in [1.807, 2.05) is 40.7 Å². The molecule has 1 aliphatic rings. The molecule has 5 aromatic heterocycles. The predicted octanol–water partition coefficient (Wildman–Crippen LogP) is 5.43. The van der Waals surface area contributed by atoms with Crippen LogP contribution in [0.5, 0.6) is 0 Å². The monoisotopic (exact) mass is 503 g/mol. The number of piperazine rings is 1. The molecule has 0 atom stereocenters. The quantitative estimate of drug-likeness (QED) is 0.320. The van der Waals surface area contributed by atoms with Crippen molar-refractivity contribution >= 4 is 56.8 Å². The van der Waals surface area contributed by atoms with Gasteiger partial charge in [0.15, 0.2) is 5.65 Å². The fraction of sp³-hybridized carbons (Fsp3) is 0.200. The molecule has 0 aromatic carbocycles. The van der Waals surface area contributed by atoms with Crippen LogP contribution >= 0.6 is 34.0 Å². The van der Waals surface area contributed by atoms with E-state index in [9.17, 15) is 4.79 Å². The highest BCUT2D eigenvalue weighted by molar-refractivity contribution is 7.14. The molecule has 170 valence electrons. The van der Waals surface area contributed by atoms with Gasteiger partial charge in [0.05, 0.1) is 28.1 Å². The number of carbonyl (C=O) groups excluding carboxylic acids is 1. The number of anilines is 1. The SMILES string of the molecule is O=C(Cc1cccs1)N1CCN(c2cnc3nc(-c4cccs4)c(-c4cccs4)nc3c2)CC1. The summed E-state index contributed by atoms with van der Waals surface area (Å²) in [4.78, 5) is 34.8. The van der Waals surface area contributed by atoms with Crippen LogP contribution in [0.4, 0.5) is 5.69 Å². The molecular weight excluding hydrogens is 483 g/mol. The Bertz CT molecular complexity index is 1410. The average molecular weight is 504 g/mol. The molecule has 6 heterocycles. The van der Waals surface area contributed by atoms with E-state index in [4.69, 9.17) is 9.97 Å². The molecule has 0 aliphatic carbocycles. The molecule has 6 nitrogen and oxygen atoms in total. The van der Waals surface area contributed by atoms with Crippen molar-refractivity contribution in [2.75, 3.05) is 31.1 Å². The number of rotatable bonds is 5. The Morgan fingerprint density at radius 3 is 2.18 bits per heavy atom. The third kappa shape index (κ3) is 4.22. The van der Waals surface area contributed by atoms with Crippen molar-refractivity contribution in [3.05, 3.63) is 69.7 Å². The van der Waals surface area contributed by atoms with Crippen LogP contribution in [0.15, 0.2) is 64.8 Å². The first kappa shape index (κ1) is 21.4. The molecule has 0 N–H and O–H groups in total. The summed E-state index contributed by atoms with van der Waals surface area (Å²) in [6, 6.07) is 14.3. The maximum absolute atomic E-state index is 12.6. The molecule has 9 heteroatoms. The normalized spacial score (nSPS) is 14.1. The zero-order valence-electron chi connectivity index (χ0n) is 18.3. The molecule has 0 spiro atoms. The number of hydrogen-bond donors (Lipinski definition) is 0. The lowest BCUT2D eigenvalue weighted by atomic mass is 10.2. The van der Waals surface area contributed by atoms with E-state index in [1.165, 1.54) is 0 Å². The highest BCUT2D eigenvalue weighted by Crippen LogP contribution is 2.35.